The Labute approximate surface area is 104 Å². The number of hydrogen-bond donors (Lipinski definition) is 1. The number of anilines is 1. The van der Waals surface area contributed by atoms with Crippen molar-refractivity contribution < 1.29 is 0 Å². The Kier molecular flexibility index (Phi) is 4.18. The average Bonchev–Trinajstić information content (AvgIpc) is 2.38. The second-order valence-corrected chi connectivity index (χ2v) is 4.49. The smallest absolute Gasteiger partial charge is 0.0440 e. The molecule has 3 nitrogen and oxygen atoms in total. The Balaban J connectivity index is 2.16. The molecular weight excluding hydrogens is 210 g/mol. The van der Waals surface area contributed by atoms with Gasteiger partial charge in [0.1, 0.15) is 0 Å². The number of nitrogens with two attached hydrogens (primary N) is 1. The van der Waals surface area contributed by atoms with Crippen LogP contribution in [0.5, 0.6) is 0 Å². The van der Waals surface area contributed by atoms with Crippen LogP contribution in [0.25, 0.3) is 6.08 Å². The molecular formula is C14H21N3. The molecule has 17 heavy (non-hydrogen) atoms. The first-order valence-electron chi connectivity index (χ1n) is 6.20. The Morgan fingerprint density at radius 2 is 1.88 bits per heavy atom. The van der Waals surface area contributed by atoms with Crippen molar-refractivity contribution in [3.63, 3.8) is 0 Å². The summed E-state index contributed by atoms with van der Waals surface area (Å²) in [5, 5.41) is 0. The monoisotopic (exact) mass is 231 g/mol. The number of para-hydroxylation sites is 1. The summed E-state index contributed by atoms with van der Waals surface area (Å²) >= 11 is 0. The zero-order chi connectivity index (χ0) is 12.1. The number of piperazine rings is 1. The van der Waals surface area contributed by atoms with Gasteiger partial charge in [-0.25, -0.2) is 0 Å². The van der Waals surface area contributed by atoms with Crippen molar-refractivity contribution in [3.8, 4) is 0 Å². The van der Waals surface area contributed by atoms with E-state index in [4.69, 9.17) is 5.73 Å². The van der Waals surface area contributed by atoms with Crippen LogP contribution in [-0.4, -0.2) is 44.7 Å². The maximum Gasteiger partial charge on any atom is 0.0440 e. The highest BCUT2D eigenvalue weighted by molar-refractivity contribution is 5.67. The van der Waals surface area contributed by atoms with Crippen molar-refractivity contribution in [3.05, 3.63) is 35.9 Å². The fourth-order valence-corrected chi connectivity index (χ4v) is 2.16. The SMILES string of the molecule is CN1CCN(c2ccccc2/C=C/CN)CC1. The molecule has 92 valence electrons. The predicted molar refractivity (Wildman–Crippen MR) is 74.2 cm³/mol. The topological polar surface area (TPSA) is 32.5 Å². The van der Waals surface area contributed by atoms with Gasteiger partial charge in [-0.2, -0.15) is 0 Å². The van der Waals surface area contributed by atoms with Crippen molar-refractivity contribution in [2.24, 2.45) is 5.73 Å². The van der Waals surface area contributed by atoms with Gasteiger partial charge >= 0.3 is 0 Å². The zero-order valence-corrected chi connectivity index (χ0v) is 10.5. The third-order valence-corrected chi connectivity index (χ3v) is 3.21. The van der Waals surface area contributed by atoms with E-state index in [9.17, 15) is 0 Å². The van der Waals surface area contributed by atoms with Gasteiger partial charge in [0.05, 0.1) is 0 Å². The van der Waals surface area contributed by atoms with Crippen molar-refractivity contribution >= 4 is 11.8 Å². The molecule has 0 aliphatic carbocycles. The van der Waals surface area contributed by atoms with E-state index in [1.807, 2.05) is 6.08 Å². The lowest BCUT2D eigenvalue weighted by Crippen LogP contribution is -2.44. The van der Waals surface area contributed by atoms with Gasteiger partial charge in [-0.1, -0.05) is 30.4 Å². The molecule has 0 aromatic heterocycles. The van der Waals surface area contributed by atoms with Gasteiger partial charge in [-0.3, -0.25) is 0 Å². The Morgan fingerprint density at radius 1 is 1.18 bits per heavy atom. The van der Waals surface area contributed by atoms with E-state index in [2.05, 4.69) is 47.2 Å². The minimum absolute atomic E-state index is 0.594. The van der Waals surface area contributed by atoms with Gasteiger partial charge in [0.15, 0.2) is 0 Å². The third kappa shape index (κ3) is 3.08. The third-order valence-electron chi connectivity index (χ3n) is 3.21. The molecule has 1 heterocycles. The van der Waals surface area contributed by atoms with E-state index in [0.717, 1.165) is 26.2 Å². The van der Waals surface area contributed by atoms with Crippen LogP contribution in [-0.2, 0) is 0 Å². The zero-order valence-electron chi connectivity index (χ0n) is 10.5. The standard InChI is InChI=1S/C14H21N3/c1-16-9-11-17(12-10-16)14-7-3-2-5-13(14)6-4-8-15/h2-7H,8-12,15H2,1H3/b6-4+. The number of nitrogens with zero attached hydrogens (tertiary/aromatic N) is 2. The summed E-state index contributed by atoms with van der Waals surface area (Å²) < 4.78 is 0. The first kappa shape index (κ1) is 12.1. The number of likely N-dealkylation sites (N-methyl/N-ethyl adjacent to an activating group) is 1. The van der Waals surface area contributed by atoms with Crippen LogP contribution in [0.15, 0.2) is 30.3 Å². The average molecular weight is 231 g/mol. The summed E-state index contributed by atoms with van der Waals surface area (Å²) in [6.45, 7) is 5.06. The number of hydrogen-bond acceptors (Lipinski definition) is 3. The van der Waals surface area contributed by atoms with E-state index < -0.39 is 0 Å². The van der Waals surface area contributed by atoms with E-state index in [-0.39, 0.29) is 0 Å². The molecule has 1 aromatic rings. The van der Waals surface area contributed by atoms with Crippen LogP contribution in [0.4, 0.5) is 5.69 Å². The lowest BCUT2D eigenvalue weighted by Gasteiger charge is -2.34. The van der Waals surface area contributed by atoms with Gasteiger partial charge in [0.2, 0.25) is 0 Å². The predicted octanol–water partition coefficient (Wildman–Crippen LogP) is 1.41. The molecule has 0 amide bonds. The molecule has 3 heteroatoms. The van der Waals surface area contributed by atoms with Gasteiger partial charge in [0, 0.05) is 38.4 Å². The maximum absolute atomic E-state index is 5.52. The van der Waals surface area contributed by atoms with Crippen LogP contribution in [0.3, 0.4) is 0 Å². The molecule has 0 bridgehead atoms. The summed E-state index contributed by atoms with van der Waals surface area (Å²) in [5.74, 6) is 0. The highest BCUT2D eigenvalue weighted by Gasteiger charge is 2.15. The molecule has 1 aromatic carbocycles. The molecule has 0 radical (unpaired) electrons. The summed E-state index contributed by atoms with van der Waals surface area (Å²) in [5.41, 5.74) is 8.11. The molecule has 0 atom stereocenters. The van der Waals surface area contributed by atoms with Gasteiger partial charge in [0.25, 0.3) is 0 Å². The van der Waals surface area contributed by atoms with Crippen LogP contribution in [0, 0.1) is 0 Å². The lowest BCUT2D eigenvalue weighted by molar-refractivity contribution is 0.313. The molecule has 0 unspecified atom stereocenters. The van der Waals surface area contributed by atoms with Crippen LogP contribution in [0.1, 0.15) is 5.56 Å². The van der Waals surface area contributed by atoms with Crippen LogP contribution < -0.4 is 10.6 Å². The molecule has 1 aliphatic rings. The van der Waals surface area contributed by atoms with Crippen molar-refractivity contribution in [1.82, 2.24) is 4.90 Å². The molecule has 1 aliphatic heterocycles. The molecule has 2 rings (SSSR count). The highest BCUT2D eigenvalue weighted by atomic mass is 15.2. The van der Waals surface area contributed by atoms with Crippen molar-refractivity contribution in [2.45, 2.75) is 0 Å². The van der Waals surface area contributed by atoms with E-state index in [1.165, 1.54) is 11.3 Å². The van der Waals surface area contributed by atoms with Crippen LogP contribution >= 0.6 is 0 Å². The van der Waals surface area contributed by atoms with Crippen molar-refractivity contribution in [1.29, 1.82) is 0 Å². The fourth-order valence-electron chi connectivity index (χ4n) is 2.16. The number of rotatable bonds is 3. The summed E-state index contributed by atoms with van der Waals surface area (Å²) in [7, 11) is 2.18. The molecule has 1 fully saturated rings. The minimum atomic E-state index is 0.594. The normalized spacial score (nSPS) is 17.9. The highest BCUT2D eigenvalue weighted by Crippen LogP contribution is 2.22. The van der Waals surface area contributed by atoms with Crippen LogP contribution in [0.2, 0.25) is 0 Å². The number of benzene rings is 1. The maximum atomic E-state index is 5.52. The second kappa shape index (κ2) is 5.84. The Bertz CT molecular complexity index is 379. The first-order chi connectivity index (χ1) is 8.31. The second-order valence-electron chi connectivity index (χ2n) is 4.49. The quantitative estimate of drug-likeness (QED) is 0.853. The molecule has 0 saturated carbocycles. The largest absolute Gasteiger partial charge is 0.368 e. The van der Waals surface area contributed by atoms with Crippen molar-refractivity contribution in [2.75, 3.05) is 44.7 Å². The van der Waals surface area contributed by atoms with Gasteiger partial charge < -0.3 is 15.5 Å². The summed E-state index contributed by atoms with van der Waals surface area (Å²) in [6, 6.07) is 8.53. The Hall–Kier alpha value is -1.32. The van der Waals surface area contributed by atoms with Gasteiger partial charge in [-0.15, -0.1) is 0 Å². The van der Waals surface area contributed by atoms with E-state index >= 15 is 0 Å². The van der Waals surface area contributed by atoms with Gasteiger partial charge in [-0.05, 0) is 18.7 Å². The minimum Gasteiger partial charge on any atom is -0.368 e. The van der Waals surface area contributed by atoms with E-state index in [1.54, 1.807) is 0 Å². The molecule has 2 N–H and O–H groups in total. The lowest BCUT2D eigenvalue weighted by atomic mass is 10.1. The fraction of sp³-hybridized carbons (Fsp3) is 0.429. The molecule has 1 saturated heterocycles. The summed E-state index contributed by atoms with van der Waals surface area (Å²) in [4.78, 5) is 4.82. The first-order valence-corrected chi connectivity index (χ1v) is 6.20. The Morgan fingerprint density at radius 3 is 2.59 bits per heavy atom. The summed E-state index contributed by atoms with van der Waals surface area (Å²) in [6.07, 6.45) is 4.13. The molecule has 0 spiro atoms. The van der Waals surface area contributed by atoms with E-state index in [0.29, 0.717) is 6.54 Å².